The molecule has 0 fully saturated rings. The highest BCUT2D eigenvalue weighted by atomic mass is 16.4. The molecule has 0 aliphatic heterocycles. The van der Waals surface area contributed by atoms with Crippen LogP contribution in [0.4, 0.5) is 0 Å². The van der Waals surface area contributed by atoms with Gasteiger partial charge in [0.2, 0.25) is 23.6 Å². The molecule has 6 atom stereocenters. The number of hydrogen-bond acceptors (Lipinski definition) is 8. The van der Waals surface area contributed by atoms with E-state index in [0.717, 1.165) is 18.5 Å². The van der Waals surface area contributed by atoms with Crippen LogP contribution in [0, 0.1) is 17.8 Å². The van der Waals surface area contributed by atoms with Crippen molar-refractivity contribution in [3.63, 3.8) is 0 Å². The van der Waals surface area contributed by atoms with Crippen molar-refractivity contribution in [1.82, 2.24) is 36.9 Å². The normalized spacial score (nSPS) is 14.8. The second kappa shape index (κ2) is 24.2. The van der Waals surface area contributed by atoms with E-state index < -0.39 is 30.1 Å². The first-order chi connectivity index (χ1) is 24.1. The second-order valence-electron chi connectivity index (χ2n) is 14.2. The zero-order valence-electron chi connectivity index (χ0n) is 32.1. The van der Waals surface area contributed by atoms with Crippen LogP contribution in [0.5, 0.6) is 0 Å². The summed E-state index contributed by atoms with van der Waals surface area (Å²) in [6, 6.07) is 3.08. The van der Waals surface area contributed by atoms with Gasteiger partial charge in [-0.25, -0.2) is 0 Å². The van der Waals surface area contributed by atoms with Crippen molar-refractivity contribution in [2.75, 3.05) is 13.1 Å². The number of amides is 4. The Morgan fingerprint density at radius 1 is 0.863 bits per heavy atom. The number of hydrogen-bond donors (Lipinski definition) is 7. The molecule has 0 aromatic carbocycles. The number of carbonyl (C=O) groups is 5. The quantitative estimate of drug-likeness (QED) is 0.0753. The van der Waals surface area contributed by atoms with Crippen molar-refractivity contribution in [3.8, 4) is 0 Å². The molecule has 0 radical (unpaired) electrons. The third-order valence-corrected chi connectivity index (χ3v) is 8.78. The molecule has 13 nitrogen and oxygen atoms in total. The number of aromatic nitrogens is 1. The summed E-state index contributed by atoms with van der Waals surface area (Å²) in [7, 11) is 0. The lowest BCUT2D eigenvalue weighted by Gasteiger charge is -2.31. The lowest BCUT2D eigenvalue weighted by atomic mass is 9.96. The molecule has 0 saturated carbocycles. The summed E-state index contributed by atoms with van der Waals surface area (Å²) in [6.45, 7) is 20.7. The zero-order valence-corrected chi connectivity index (χ0v) is 32.1. The summed E-state index contributed by atoms with van der Waals surface area (Å²) in [5.74, 6) is -2.11. The highest BCUT2D eigenvalue weighted by molar-refractivity contribution is 5.90. The summed E-state index contributed by atoms with van der Waals surface area (Å²) < 4.78 is 0. The Morgan fingerprint density at radius 3 is 2.14 bits per heavy atom. The van der Waals surface area contributed by atoms with E-state index in [1.807, 2.05) is 52.8 Å². The number of pyridine rings is 1. The number of carbonyl (C=O) groups excluding carboxylic acids is 4. The van der Waals surface area contributed by atoms with Gasteiger partial charge in [-0.3, -0.25) is 29.0 Å². The number of nitrogens with one attached hydrogen (secondary N) is 6. The van der Waals surface area contributed by atoms with E-state index in [-0.39, 0.29) is 60.8 Å². The Labute approximate surface area is 305 Å². The smallest absolute Gasteiger partial charge is 0.303 e. The van der Waals surface area contributed by atoms with Crippen molar-refractivity contribution in [2.24, 2.45) is 17.8 Å². The van der Waals surface area contributed by atoms with Gasteiger partial charge in [0.15, 0.2) is 0 Å². The molecule has 0 bridgehead atoms. The molecule has 1 rings (SSSR count). The van der Waals surface area contributed by atoms with Gasteiger partial charge in [0, 0.05) is 56.0 Å². The maximum absolute atomic E-state index is 13.5. The molecular formula is C38H65N7O6. The Balaban J connectivity index is 2.86. The average molecular weight is 716 g/mol. The lowest BCUT2D eigenvalue weighted by molar-refractivity contribution is -0.137. The molecule has 1 aromatic rings. The van der Waals surface area contributed by atoms with E-state index in [4.69, 9.17) is 5.11 Å². The third-order valence-electron chi connectivity index (χ3n) is 8.78. The largest absolute Gasteiger partial charge is 0.481 e. The molecule has 51 heavy (non-hydrogen) atoms. The monoisotopic (exact) mass is 715 g/mol. The van der Waals surface area contributed by atoms with E-state index in [1.165, 1.54) is 0 Å². The van der Waals surface area contributed by atoms with Gasteiger partial charge < -0.3 is 37.0 Å². The summed E-state index contributed by atoms with van der Waals surface area (Å²) >= 11 is 0. The molecule has 1 aromatic heterocycles. The van der Waals surface area contributed by atoms with Crippen LogP contribution >= 0.6 is 0 Å². The van der Waals surface area contributed by atoms with Crippen LogP contribution in [0.1, 0.15) is 106 Å². The maximum atomic E-state index is 13.5. The summed E-state index contributed by atoms with van der Waals surface area (Å²) in [4.78, 5) is 67.5. The number of aliphatic carboxylic acids is 1. The summed E-state index contributed by atoms with van der Waals surface area (Å²) in [6.07, 6.45) is 5.24. The fourth-order valence-electron chi connectivity index (χ4n) is 5.55. The molecule has 1 unspecified atom stereocenters. The minimum Gasteiger partial charge on any atom is -0.481 e. The van der Waals surface area contributed by atoms with Gasteiger partial charge in [-0.15, -0.1) is 0 Å². The predicted octanol–water partition coefficient (Wildman–Crippen LogP) is 3.45. The average Bonchev–Trinajstić information content (AvgIpc) is 3.07. The van der Waals surface area contributed by atoms with E-state index in [1.54, 1.807) is 13.1 Å². The van der Waals surface area contributed by atoms with Gasteiger partial charge in [-0.1, -0.05) is 74.0 Å². The minimum absolute atomic E-state index is 0.0253. The first-order valence-corrected chi connectivity index (χ1v) is 18.6. The molecular weight excluding hydrogens is 650 g/mol. The SMILES string of the molecule is C=C(N[C@H](CN[C@@H](C)C(=O)NC(C(=O)NCCc1ccccn1)C(C)C)CC(C)C)[C@H](CCC)NC(=O)[C@@H](NC(=O)CCCC(=O)O)[C@@H](C)CC. The highest BCUT2D eigenvalue weighted by Crippen LogP contribution is 2.14. The number of carboxylic acid groups (broad SMARTS) is 1. The van der Waals surface area contributed by atoms with Gasteiger partial charge in [-0.2, -0.15) is 0 Å². The molecule has 0 saturated heterocycles. The van der Waals surface area contributed by atoms with Gasteiger partial charge in [0.05, 0.1) is 12.1 Å². The molecule has 288 valence electrons. The fourth-order valence-corrected chi connectivity index (χ4v) is 5.55. The molecule has 0 spiro atoms. The summed E-state index contributed by atoms with van der Waals surface area (Å²) in [5, 5.41) is 27.4. The molecule has 1 heterocycles. The van der Waals surface area contributed by atoms with E-state index in [2.05, 4.69) is 57.3 Å². The molecule has 0 aliphatic carbocycles. The zero-order chi connectivity index (χ0) is 38.5. The molecule has 13 heteroatoms. The Morgan fingerprint density at radius 2 is 1.57 bits per heavy atom. The molecule has 0 aliphatic rings. The van der Waals surface area contributed by atoms with Crippen LogP contribution in [-0.4, -0.2) is 83.0 Å². The Hall–Kier alpha value is -4.00. The van der Waals surface area contributed by atoms with Crippen molar-refractivity contribution >= 4 is 29.6 Å². The topological polar surface area (TPSA) is 191 Å². The standard InChI is InChI=1S/C38H65N7O6/c1-10-15-31(43-38(51)35(26(7)11-2)44-32(46)17-14-18-33(47)48)27(8)42-30(22-24(3)4)23-41-28(9)36(49)45-34(25(5)6)37(50)40-21-19-29-16-12-13-20-39-29/h12-13,16,20,24-26,28,30-31,34-35,41-42H,8,10-11,14-15,17-19,21-23H2,1-7,9H3,(H,40,50)(H,43,51)(H,44,46)(H,45,49)(H,47,48)/t26-,28-,30-,31-,34?,35-/m0/s1. The maximum Gasteiger partial charge on any atom is 0.303 e. The van der Waals surface area contributed by atoms with E-state index >= 15 is 0 Å². The third kappa shape index (κ3) is 18.2. The lowest BCUT2D eigenvalue weighted by Crippen LogP contribution is -2.56. The van der Waals surface area contributed by atoms with Crippen LogP contribution in [0.15, 0.2) is 36.7 Å². The minimum atomic E-state index is -0.969. The van der Waals surface area contributed by atoms with Crippen molar-refractivity contribution in [3.05, 3.63) is 42.4 Å². The van der Waals surface area contributed by atoms with Crippen LogP contribution in [0.2, 0.25) is 0 Å². The molecule has 4 amide bonds. The summed E-state index contributed by atoms with van der Waals surface area (Å²) in [5.41, 5.74) is 1.51. The second-order valence-corrected chi connectivity index (χ2v) is 14.2. The van der Waals surface area contributed by atoms with Crippen molar-refractivity contribution < 1.29 is 29.1 Å². The van der Waals surface area contributed by atoms with E-state index in [9.17, 15) is 24.0 Å². The fraction of sp³-hybridized carbons (Fsp3) is 0.684. The van der Waals surface area contributed by atoms with Crippen molar-refractivity contribution in [2.45, 2.75) is 137 Å². The van der Waals surface area contributed by atoms with Crippen molar-refractivity contribution in [1.29, 1.82) is 0 Å². The van der Waals surface area contributed by atoms with Gasteiger partial charge in [-0.05, 0) is 56.1 Å². The van der Waals surface area contributed by atoms with Crippen LogP contribution in [0.25, 0.3) is 0 Å². The van der Waals surface area contributed by atoms with Crippen LogP contribution in [0.3, 0.4) is 0 Å². The van der Waals surface area contributed by atoms with Gasteiger partial charge in [0.1, 0.15) is 12.1 Å². The highest BCUT2D eigenvalue weighted by Gasteiger charge is 2.30. The van der Waals surface area contributed by atoms with Crippen LogP contribution in [-0.2, 0) is 30.4 Å². The predicted molar refractivity (Wildman–Crippen MR) is 200 cm³/mol. The van der Waals surface area contributed by atoms with Gasteiger partial charge in [0.25, 0.3) is 0 Å². The Bertz CT molecular complexity index is 1240. The van der Waals surface area contributed by atoms with E-state index in [0.29, 0.717) is 44.0 Å². The first-order valence-electron chi connectivity index (χ1n) is 18.6. The number of nitrogens with zero attached hydrogens (tertiary/aromatic N) is 1. The number of carboxylic acids is 1. The number of rotatable bonds is 26. The van der Waals surface area contributed by atoms with Gasteiger partial charge >= 0.3 is 5.97 Å². The molecule has 7 N–H and O–H groups in total. The first kappa shape index (κ1) is 45.0. The Kier molecular flexibility index (Phi) is 21.4. The van der Waals surface area contributed by atoms with Crippen LogP contribution < -0.4 is 31.9 Å².